The number of nitrogens with zero attached hydrogens (tertiary/aromatic N) is 1. The van der Waals surface area contributed by atoms with E-state index in [0.29, 0.717) is 0 Å². The number of hydrogen-bond donors (Lipinski definition) is 2. The first-order chi connectivity index (χ1) is 12.3. The Labute approximate surface area is 146 Å². The Morgan fingerprint density at radius 1 is 1.15 bits per heavy atom. The topological polar surface area (TPSA) is 64.9 Å². The minimum absolute atomic E-state index is 0.0792. The van der Waals surface area contributed by atoms with E-state index in [9.17, 15) is 22.4 Å². The van der Waals surface area contributed by atoms with Crippen molar-refractivity contribution in [2.24, 2.45) is 0 Å². The molecular formula is C18H13F4N3O. The third kappa shape index (κ3) is 5.34. The molecule has 2 aromatic carbocycles. The van der Waals surface area contributed by atoms with E-state index in [1.807, 2.05) is 0 Å². The second kappa shape index (κ2) is 8.16. The van der Waals surface area contributed by atoms with Crippen molar-refractivity contribution in [3.8, 4) is 6.07 Å². The number of alkyl halides is 3. The Balaban J connectivity index is 2.02. The van der Waals surface area contributed by atoms with Crippen LogP contribution < -0.4 is 10.6 Å². The van der Waals surface area contributed by atoms with Gasteiger partial charge in [0.25, 0.3) is 5.91 Å². The minimum atomic E-state index is -4.54. The molecule has 26 heavy (non-hydrogen) atoms. The monoisotopic (exact) mass is 363 g/mol. The summed E-state index contributed by atoms with van der Waals surface area (Å²) in [6.45, 7) is 0.238. The molecule has 0 fully saturated rings. The van der Waals surface area contributed by atoms with Crippen molar-refractivity contribution < 1.29 is 22.4 Å². The van der Waals surface area contributed by atoms with Crippen LogP contribution in [0.4, 0.5) is 23.2 Å². The third-order valence-electron chi connectivity index (χ3n) is 3.28. The molecule has 0 unspecified atom stereocenters. The average Bonchev–Trinajstić information content (AvgIpc) is 2.59. The lowest BCUT2D eigenvalue weighted by Crippen LogP contribution is -2.17. The summed E-state index contributed by atoms with van der Waals surface area (Å²) in [5.74, 6) is -1.24. The maximum Gasteiger partial charge on any atom is 0.416 e. The van der Waals surface area contributed by atoms with Crippen LogP contribution in [0.25, 0.3) is 0 Å². The summed E-state index contributed by atoms with van der Waals surface area (Å²) >= 11 is 0. The lowest BCUT2D eigenvalue weighted by molar-refractivity contribution is -0.137. The summed E-state index contributed by atoms with van der Waals surface area (Å²) in [5.41, 5.74) is -0.584. The zero-order chi connectivity index (χ0) is 19.2. The Hall–Kier alpha value is -3.34. The van der Waals surface area contributed by atoms with Gasteiger partial charge >= 0.3 is 6.18 Å². The normalized spacial score (nSPS) is 11.6. The molecule has 0 aliphatic rings. The molecule has 0 heterocycles. The van der Waals surface area contributed by atoms with Crippen LogP contribution in [0.2, 0.25) is 0 Å². The van der Waals surface area contributed by atoms with Crippen molar-refractivity contribution in [1.82, 2.24) is 5.32 Å². The number of nitriles is 1. The quantitative estimate of drug-likeness (QED) is 0.480. The van der Waals surface area contributed by atoms with Crippen molar-refractivity contribution in [2.75, 3.05) is 5.32 Å². The molecule has 0 bridgehead atoms. The SMILES string of the molecule is N#C/C(=C/NCc1ccc(F)cc1)C(=O)Nc1cccc(C(F)(F)F)c1. The number of anilines is 1. The number of carbonyl (C=O) groups is 1. The Morgan fingerprint density at radius 3 is 2.46 bits per heavy atom. The summed E-state index contributed by atoms with van der Waals surface area (Å²) in [4.78, 5) is 12.0. The summed E-state index contributed by atoms with van der Waals surface area (Å²) < 4.78 is 50.8. The average molecular weight is 363 g/mol. The molecule has 4 nitrogen and oxygen atoms in total. The molecule has 0 aliphatic carbocycles. The molecule has 0 aromatic heterocycles. The van der Waals surface area contributed by atoms with E-state index in [1.54, 1.807) is 6.07 Å². The molecule has 0 saturated heterocycles. The van der Waals surface area contributed by atoms with Crippen molar-refractivity contribution in [3.05, 3.63) is 77.2 Å². The number of amides is 1. The first-order valence-corrected chi connectivity index (χ1v) is 7.36. The van der Waals surface area contributed by atoms with Crippen molar-refractivity contribution in [2.45, 2.75) is 12.7 Å². The first kappa shape index (κ1) is 19.0. The van der Waals surface area contributed by atoms with Crippen LogP contribution >= 0.6 is 0 Å². The fraction of sp³-hybridized carbons (Fsp3) is 0.111. The highest BCUT2D eigenvalue weighted by Gasteiger charge is 2.30. The maximum atomic E-state index is 12.8. The van der Waals surface area contributed by atoms with Gasteiger partial charge in [-0.1, -0.05) is 18.2 Å². The number of nitrogens with one attached hydrogen (secondary N) is 2. The molecule has 0 atom stereocenters. The maximum absolute atomic E-state index is 12.8. The highest BCUT2D eigenvalue weighted by atomic mass is 19.4. The number of hydrogen-bond acceptors (Lipinski definition) is 3. The van der Waals surface area contributed by atoms with E-state index in [-0.39, 0.29) is 23.6 Å². The molecule has 2 N–H and O–H groups in total. The standard InChI is InChI=1S/C18H13F4N3O/c19-15-6-4-12(5-7-15)10-24-11-13(9-23)17(26)25-16-3-1-2-14(8-16)18(20,21)22/h1-8,11,24H,10H2,(H,25,26)/b13-11-. The predicted molar refractivity (Wildman–Crippen MR) is 87.0 cm³/mol. The van der Waals surface area contributed by atoms with Gasteiger partial charge in [0.2, 0.25) is 0 Å². The highest BCUT2D eigenvalue weighted by molar-refractivity contribution is 6.06. The Bertz CT molecular complexity index is 852. The molecule has 2 aromatic rings. The van der Waals surface area contributed by atoms with Crippen LogP contribution in [-0.2, 0) is 17.5 Å². The number of benzene rings is 2. The molecule has 2 rings (SSSR count). The zero-order valence-electron chi connectivity index (χ0n) is 13.3. The zero-order valence-corrected chi connectivity index (χ0v) is 13.3. The number of rotatable bonds is 5. The Morgan fingerprint density at radius 2 is 1.85 bits per heavy atom. The molecule has 134 valence electrons. The molecule has 8 heteroatoms. The van der Waals surface area contributed by atoms with E-state index in [4.69, 9.17) is 5.26 Å². The molecule has 0 aliphatic heterocycles. The lowest BCUT2D eigenvalue weighted by Gasteiger charge is -2.09. The third-order valence-corrected chi connectivity index (χ3v) is 3.28. The van der Waals surface area contributed by atoms with E-state index in [0.717, 1.165) is 30.0 Å². The van der Waals surface area contributed by atoms with Crippen molar-refractivity contribution in [1.29, 1.82) is 5.26 Å². The van der Waals surface area contributed by atoms with E-state index >= 15 is 0 Å². The summed E-state index contributed by atoms with van der Waals surface area (Å²) in [5, 5.41) is 14.0. The van der Waals surface area contributed by atoms with Gasteiger partial charge in [0.15, 0.2) is 0 Å². The predicted octanol–water partition coefficient (Wildman–Crippen LogP) is 3.98. The van der Waals surface area contributed by atoms with Gasteiger partial charge in [-0.3, -0.25) is 4.79 Å². The molecule has 0 spiro atoms. The van der Waals surface area contributed by atoms with Crippen LogP contribution in [0.1, 0.15) is 11.1 Å². The largest absolute Gasteiger partial charge is 0.416 e. The number of halogens is 4. The lowest BCUT2D eigenvalue weighted by atomic mass is 10.2. The van der Waals surface area contributed by atoms with Gasteiger partial charge in [-0.05, 0) is 35.9 Å². The van der Waals surface area contributed by atoms with Crippen LogP contribution in [0, 0.1) is 17.1 Å². The second-order valence-corrected chi connectivity index (χ2v) is 5.21. The molecule has 0 saturated carbocycles. The minimum Gasteiger partial charge on any atom is -0.386 e. The van der Waals surface area contributed by atoms with Crippen LogP contribution in [-0.4, -0.2) is 5.91 Å². The van der Waals surface area contributed by atoms with E-state index in [2.05, 4.69) is 10.6 Å². The van der Waals surface area contributed by atoms with E-state index in [1.165, 1.54) is 30.3 Å². The fourth-order valence-corrected chi connectivity index (χ4v) is 1.99. The van der Waals surface area contributed by atoms with Crippen molar-refractivity contribution >= 4 is 11.6 Å². The van der Waals surface area contributed by atoms with Gasteiger partial charge in [0.05, 0.1) is 5.56 Å². The number of carbonyl (C=O) groups excluding carboxylic acids is 1. The fourth-order valence-electron chi connectivity index (χ4n) is 1.99. The van der Waals surface area contributed by atoms with Gasteiger partial charge in [-0.15, -0.1) is 0 Å². The molecule has 0 radical (unpaired) electrons. The van der Waals surface area contributed by atoms with E-state index < -0.39 is 17.6 Å². The first-order valence-electron chi connectivity index (χ1n) is 7.36. The summed E-state index contributed by atoms with van der Waals surface area (Å²) in [6.07, 6.45) is -3.39. The molecular weight excluding hydrogens is 350 g/mol. The molecule has 1 amide bonds. The van der Waals surface area contributed by atoms with Gasteiger partial charge in [0, 0.05) is 18.4 Å². The summed E-state index contributed by atoms with van der Waals surface area (Å²) in [7, 11) is 0. The van der Waals surface area contributed by atoms with Crippen LogP contribution in [0.5, 0.6) is 0 Å². The van der Waals surface area contributed by atoms with Crippen LogP contribution in [0.3, 0.4) is 0 Å². The van der Waals surface area contributed by atoms with Gasteiger partial charge in [-0.2, -0.15) is 18.4 Å². The second-order valence-electron chi connectivity index (χ2n) is 5.21. The summed E-state index contributed by atoms with van der Waals surface area (Å²) in [6, 6.07) is 11.4. The Kier molecular flexibility index (Phi) is 5.96. The highest BCUT2D eigenvalue weighted by Crippen LogP contribution is 2.30. The van der Waals surface area contributed by atoms with Crippen LogP contribution in [0.15, 0.2) is 60.3 Å². The van der Waals surface area contributed by atoms with Gasteiger partial charge in [-0.25, -0.2) is 4.39 Å². The van der Waals surface area contributed by atoms with Gasteiger partial charge in [0.1, 0.15) is 17.5 Å². The van der Waals surface area contributed by atoms with Gasteiger partial charge < -0.3 is 10.6 Å². The smallest absolute Gasteiger partial charge is 0.386 e. The van der Waals surface area contributed by atoms with Crippen molar-refractivity contribution in [3.63, 3.8) is 0 Å².